The van der Waals surface area contributed by atoms with Crippen molar-refractivity contribution in [3.63, 3.8) is 0 Å². The Kier molecular flexibility index (Phi) is 4.16. The van der Waals surface area contributed by atoms with E-state index < -0.39 is 0 Å². The molecule has 19 heavy (non-hydrogen) atoms. The van der Waals surface area contributed by atoms with E-state index in [1.54, 1.807) is 7.11 Å². The van der Waals surface area contributed by atoms with E-state index in [0.717, 1.165) is 22.0 Å². The van der Waals surface area contributed by atoms with Crippen molar-refractivity contribution in [2.45, 2.75) is 13.3 Å². The third-order valence-corrected chi connectivity index (χ3v) is 3.84. The number of aromatic nitrogens is 1. The first-order chi connectivity index (χ1) is 9.13. The molecule has 2 aromatic rings. The van der Waals surface area contributed by atoms with Crippen molar-refractivity contribution in [2.24, 2.45) is 0 Å². The standard InChI is InChI=1S/C14H15NO3S/c1-9-13(14(16)18-3)19-12(15-9)8-10-5-4-6-11(7-10)17-2/h4-7H,8H2,1-3H3. The number of nitrogens with zero attached hydrogens (tertiary/aromatic N) is 1. The average molecular weight is 277 g/mol. The van der Waals surface area contributed by atoms with E-state index in [9.17, 15) is 4.79 Å². The molecule has 4 nitrogen and oxygen atoms in total. The fourth-order valence-electron chi connectivity index (χ4n) is 1.77. The number of carbonyl (C=O) groups is 1. The lowest BCUT2D eigenvalue weighted by molar-refractivity contribution is 0.0605. The molecule has 0 aliphatic rings. The summed E-state index contributed by atoms with van der Waals surface area (Å²) in [5, 5.41) is 0.895. The molecule has 0 N–H and O–H groups in total. The van der Waals surface area contributed by atoms with Crippen LogP contribution < -0.4 is 4.74 Å². The zero-order valence-electron chi connectivity index (χ0n) is 11.1. The minimum atomic E-state index is -0.327. The van der Waals surface area contributed by atoms with E-state index in [0.29, 0.717) is 11.3 Å². The van der Waals surface area contributed by atoms with Crippen molar-refractivity contribution >= 4 is 17.3 Å². The van der Waals surface area contributed by atoms with Crippen LogP contribution in [0.3, 0.4) is 0 Å². The Morgan fingerprint density at radius 1 is 1.37 bits per heavy atom. The van der Waals surface area contributed by atoms with Gasteiger partial charge in [-0.3, -0.25) is 0 Å². The van der Waals surface area contributed by atoms with Crippen LogP contribution in [0.1, 0.15) is 25.9 Å². The first kappa shape index (κ1) is 13.5. The Hall–Kier alpha value is -1.88. The van der Waals surface area contributed by atoms with Crippen molar-refractivity contribution in [1.82, 2.24) is 4.98 Å². The Labute approximate surface area is 116 Å². The molecule has 0 unspecified atom stereocenters. The van der Waals surface area contributed by atoms with E-state index in [-0.39, 0.29) is 5.97 Å². The molecule has 0 fully saturated rings. The van der Waals surface area contributed by atoms with Crippen molar-refractivity contribution in [2.75, 3.05) is 14.2 Å². The molecule has 0 amide bonds. The molecule has 0 atom stereocenters. The third-order valence-electron chi connectivity index (χ3n) is 2.70. The molecule has 0 bridgehead atoms. The molecule has 5 heteroatoms. The summed E-state index contributed by atoms with van der Waals surface area (Å²) in [6.45, 7) is 1.82. The molecule has 0 aliphatic heterocycles. The van der Waals surface area contributed by atoms with Crippen LogP contribution in [0, 0.1) is 6.92 Å². The quantitative estimate of drug-likeness (QED) is 0.806. The fourth-order valence-corrected chi connectivity index (χ4v) is 2.78. The predicted molar refractivity (Wildman–Crippen MR) is 74.0 cm³/mol. The van der Waals surface area contributed by atoms with Gasteiger partial charge in [0.25, 0.3) is 0 Å². The van der Waals surface area contributed by atoms with Gasteiger partial charge < -0.3 is 9.47 Å². The zero-order valence-corrected chi connectivity index (χ0v) is 11.9. The lowest BCUT2D eigenvalue weighted by Crippen LogP contribution is -1.99. The first-order valence-electron chi connectivity index (χ1n) is 5.81. The summed E-state index contributed by atoms with van der Waals surface area (Å²) in [6, 6.07) is 7.82. The molecule has 1 heterocycles. The average Bonchev–Trinajstić information content (AvgIpc) is 2.79. The molecule has 0 saturated carbocycles. The Bertz CT molecular complexity index is 592. The van der Waals surface area contributed by atoms with Gasteiger partial charge in [-0.05, 0) is 24.6 Å². The molecule has 100 valence electrons. The molecular weight excluding hydrogens is 262 g/mol. The fraction of sp³-hybridized carbons (Fsp3) is 0.286. The van der Waals surface area contributed by atoms with Gasteiger partial charge in [0.1, 0.15) is 10.6 Å². The maximum atomic E-state index is 11.5. The minimum Gasteiger partial charge on any atom is -0.497 e. The van der Waals surface area contributed by atoms with Crippen LogP contribution in [0.4, 0.5) is 0 Å². The summed E-state index contributed by atoms with van der Waals surface area (Å²) < 4.78 is 9.91. The summed E-state index contributed by atoms with van der Waals surface area (Å²) >= 11 is 1.37. The van der Waals surface area contributed by atoms with Gasteiger partial charge in [-0.1, -0.05) is 12.1 Å². The summed E-state index contributed by atoms with van der Waals surface area (Å²) in [6.07, 6.45) is 0.680. The van der Waals surface area contributed by atoms with Crippen LogP contribution >= 0.6 is 11.3 Å². The smallest absolute Gasteiger partial charge is 0.349 e. The highest BCUT2D eigenvalue weighted by molar-refractivity contribution is 7.13. The lowest BCUT2D eigenvalue weighted by atomic mass is 10.1. The van der Waals surface area contributed by atoms with E-state index >= 15 is 0 Å². The number of thiazole rings is 1. The van der Waals surface area contributed by atoms with Crippen molar-refractivity contribution < 1.29 is 14.3 Å². The van der Waals surface area contributed by atoms with Crippen LogP contribution in [0.15, 0.2) is 24.3 Å². The van der Waals surface area contributed by atoms with Crippen molar-refractivity contribution in [3.8, 4) is 5.75 Å². The molecule has 1 aromatic carbocycles. The number of hydrogen-bond acceptors (Lipinski definition) is 5. The highest BCUT2D eigenvalue weighted by Crippen LogP contribution is 2.23. The Morgan fingerprint density at radius 2 is 2.16 bits per heavy atom. The summed E-state index contributed by atoms with van der Waals surface area (Å²) in [7, 11) is 3.02. The van der Waals surface area contributed by atoms with Crippen LogP contribution in [-0.4, -0.2) is 25.2 Å². The predicted octanol–water partition coefficient (Wildman–Crippen LogP) is 2.84. The monoisotopic (exact) mass is 277 g/mol. The second-order valence-corrected chi connectivity index (χ2v) is 5.13. The summed E-state index contributed by atoms with van der Waals surface area (Å²) in [4.78, 5) is 16.5. The lowest BCUT2D eigenvalue weighted by Gasteiger charge is -2.02. The third kappa shape index (κ3) is 3.12. The van der Waals surface area contributed by atoms with E-state index in [2.05, 4.69) is 4.98 Å². The number of aryl methyl sites for hydroxylation is 1. The number of benzene rings is 1. The number of hydrogen-bond donors (Lipinski definition) is 0. The van der Waals surface area contributed by atoms with Gasteiger partial charge in [0.2, 0.25) is 0 Å². The largest absolute Gasteiger partial charge is 0.497 e. The topological polar surface area (TPSA) is 48.4 Å². The van der Waals surface area contributed by atoms with Gasteiger partial charge in [-0.25, -0.2) is 9.78 Å². The number of esters is 1. The number of carbonyl (C=O) groups excluding carboxylic acids is 1. The number of ether oxygens (including phenoxy) is 2. The maximum Gasteiger partial charge on any atom is 0.349 e. The second kappa shape index (κ2) is 5.84. The summed E-state index contributed by atoms with van der Waals surface area (Å²) in [5.41, 5.74) is 1.82. The normalized spacial score (nSPS) is 10.3. The van der Waals surface area contributed by atoms with E-state index in [4.69, 9.17) is 9.47 Å². The van der Waals surface area contributed by atoms with Gasteiger partial charge in [0, 0.05) is 6.42 Å². The van der Waals surface area contributed by atoms with Crippen molar-refractivity contribution in [1.29, 1.82) is 0 Å². The molecule has 0 spiro atoms. The van der Waals surface area contributed by atoms with Crippen molar-refractivity contribution in [3.05, 3.63) is 45.4 Å². The summed E-state index contributed by atoms with van der Waals surface area (Å²) in [5.74, 6) is 0.492. The molecule has 2 rings (SSSR count). The number of rotatable bonds is 4. The van der Waals surface area contributed by atoms with Gasteiger partial charge >= 0.3 is 5.97 Å². The zero-order chi connectivity index (χ0) is 13.8. The molecular formula is C14H15NO3S. The highest BCUT2D eigenvalue weighted by Gasteiger charge is 2.15. The Balaban J connectivity index is 2.21. The van der Waals surface area contributed by atoms with Crippen LogP contribution in [0.5, 0.6) is 5.75 Å². The Morgan fingerprint density at radius 3 is 2.84 bits per heavy atom. The number of methoxy groups -OCH3 is 2. The van der Waals surface area contributed by atoms with Gasteiger partial charge in [0.15, 0.2) is 0 Å². The van der Waals surface area contributed by atoms with Gasteiger partial charge in [-0.2, -0.15) is 0 Å². The van der Waals surface area contributed by atoms with Gasteiger partial charge in [0.05, 0.1) is 24.9 Å². The molecule has 0 saturated heterocycles. The minimum absolute atomic E-state index is 0.327. The van der Waals surface area contributed by atoms with Crippen LogP contribution in [0.2, 0.25) is 0 Å². The SMILES string of the molecule is COC(=O)c1sc(Cc2cccc(OC)c2)nc1C. The molecule has 1 aromatic heterocycles. The van der Waals surface area contributed by atoms with E-state index in [1.165, 1.54) is 18.4 Å². The highest BCUT2D eigenvalue weighted by atomic mass is 32.1. The first-order valence-corrected chi connectivity index (χ1v) is 6.63. The molecule has 0 radical (unpaired) electrons. The maximum absolute atomic E-state index is 11.5. The van der Waals surface area contributed by atoms with E-state index in [1.807, 2.05) is 31.2 Å². The second-order valence-electron chi connectivity index (χ2n) is 4.04. The van der Waals surface area contributed by atoms with Gasteiger partial charge in [-0.15, -0.1) is 11.3 Å². The molecule has 0 aliphatic carbocycles. The van der Waals surface area contributed by atoms with Crippen LogP contribution in [0.25, 0.3) is 0 Å². The van der Waals surface area contributed by atoms with Crippen LogP contribution in [-0.2, 0) is 11.2 Å².